The number of anilines is 1. The van der Waals surface area contributed by atoms with E-state index in [1.165, 1.54) is 16.7 Å². The quantitative estimate of drug-likeness (QED) is 0.492. The van der Waals surface area contributed by atoms with Gasteiger partial charge in [-0.05, 0) is 86.8 Å². The van der Waals surface area contributed by atoms with Crippen LogP contribution in [-0.4, -0.2) is 115 Å². The first-order chi connectivity index (χ1) is 22.3. The minimum Gasteiger partial charge on any atom is -0.436 e. The summed E-state index contributed by atoms with van der Waals surface area (Å²) in [6.45, 7) is 13.4. The number of amides is 4. The van der Waals surface area contributed by atoms with Crippen molar-refractivity contribution in [1.82, 2.24) is 24.9 Å². The molecule has 0 aliphatic carbocycles. The second-order valence-corrected chi connectivity index (χ2v) is 13.5. The number of benzene rings is 2. The Bertz CT molecular complexity index is 1390. The molecule has 0 aromatic heterocycles. The first kappa shape index (κ1) is 32.3. The molecule has 4 aliphatic heterocycles. The molecule has 0 unspecified atom stereocenters. The zero-order valence-corrected chi connectivity index (χ0v) is 27.7. The molecule has 4 amide bonds. The molecule has 1 atom stereocenters. The smallest absolute Gasteiger partial charge is 0.410 e. The summed E-state index contributed by atoms with van der Waals surface area (Å²) in [5.74, 6) is -0.0984. The standard InChI is InChI=1S/C36H50N6O4.H2/c1-25-22-28(23-26(2)27(25)3)24-33(34(43)40-15-9-30(10-16-40)39-20-13-37-14-21-39)46-36(45)41-17-11-31(12-18-41)42-19-8-29-6-4-5-7-32(29)38-35(42)44;/h4-7,22-23,30-31,33,37H,8-21,24H2,1-3H3,(H,38,44);1H/t33-;/m1./s1. The molecule has 0 saturated carbocycles. The molecule has 0 spiro atoms. The molecular formula is C36H52N6O4. The van der Waals surface area contributed by atoms with Crippen LogP contribution in [0.5, 0.6) is 0 Å². The summed E-state index contributed by atoms with van der Waals surface area (Å²) in [4.78, 5) is 48.8. The average Bonchev–Trinajstić information content (AvgIpc) is 3.25. The van der Waals surface area contributed by atoms with Gasteiger partial charge in [0.1, 0.15) is 0 Å². The fourth-order valence-corrected chi connectivity index (χ4v) is 7.63. The van der Waals surface area contributed by atoms with Crippen molar-refractivity contribution in [3.63, 3.8) is 0 Å². The number of aryl methyl sites for hydroxylation is 2. The van der Waals surface area contributed by atoms with Crippen LogP contribution in [-0.2, 0) is 22.4 Å². The minimum absolute atomic E-state index is 0. The fourth-order valence-electron chi connectivity index (χ4n) is 7.63. The molecule has 6 rings (SSSR count). The van der Waals surface area contributed by atoms with E-state index in [-0.39, 0.29) is 19.4 Å². The lowest BCUT2D eigenvalue weighted by Crippen LogP contribution is -2.54. The van der Waals surface area contributed by atoms with Crippen LogP contribution < -0.4 is 10.6 Å². The molecule has 3 saturated heterocycles. The Balaban J connectivity index is 0.00000433. The lowest BCUT2D eigenvalue weighted by Gasteiger charge is -2.41. The average molecular weight is 633 g/mol. The summed E-state index contributed by atoms with van der Waals surface area (Å²) in [5, 5.41) is 6.49. The zero-order valence-electron chi connectivity index (χ0n) is 27.7. The number of hydrogen-bond donors (Lipinski definition) is 2. The van der Waals surface area contributed by atoms with Crippen molar-refractivity contribution in [3.8, 4) is 0 Å². The number of para-hydroxylation sites is 1. The van der Waals surface area contributed by atoms with Crippen LogP contribution in [0, 0.1) is 20.8 Å². The van der Waals surface area contributed by atoms with E-state index in [9.17, 15) is 14.4 Å². The summed E-state index contributed by atoms with van der Waals surface area (Å²) in [6, 6.07) is 12.6. The Hall–Kier alpha value is -3.63. The van der Waals surface area contributed by atoms with Gasteiger partial charge in [-0.1, -0.05) is 30.3 Å². The first-order valence-electron chi connectivity index (χ1n) is 17.2. The lowest BCUT2D eigenvalue weighted by molar-refractivity contribution is -0.142. The van der Waals surface area contributed by atoms with E-state index in [2.05, 4.69) is 54.5 Å². The molecule has 10 heteroatoms. The minimum atomic E-state index is -0.877. The van der Waals surface area contributed by atoms with E-state index < -0.39 is 12.2 Å². The highest BCUT2D eigenvalue weighted by molar-refractivity contribution is 5.91. The summed E-state index contributed by atoms with van der Waals surface area (Å²) in [5.41, 5.74) is 6.61. The summed E-state index contributed by atoms with van der Waals surface area (Å²) in [7, 11) is 0. The maximum absolute atomic E-state index is 14.0. The second kappa shape index (κ2) is 14.4. The van der Waals surface area contributed by atoms with E-state index >= 15 is 0 Å². The molecule has 250 valence electrons. The molecular weight excluding hydrogens is 580 g/mol. The zero-order chi connectivity index (χ0) is 32.2. The number of ether oxygens (including phenoxy) is 1. The van der Waals surface area contributed by atoms with Gasteiger partial charge in [-0.25, -0.2) is 9.59 Å². The molecule has 46 heavy (non-hydrogen) atoms. The predicted molar refractivity (Wildman–Crippen MR) is 181 cm³/mol. The summed E-state index contributed by atoms with van der Waals surface area (Å²) < 4.78 is 6.11. The third-order valence-electron chi connectivity index (χ3n) is 10.7. The number of likely N-dealkylation sites (tertiary alicyclic amines) is 2. The molecule has 2 aromatic rings. The van der Waals surface area contributed by atoms with Gasteiger partial charge in [-0.15, -0.1) is 0 Å². The Morgan fingerprint density at radius 3 is 2.20 bits per heavy atom. The molecule has 4 heterocycles. The normalized spacial score (nSPS) is 20.9. The van der Waals surface area contributed by atoms with Crippen LogP contribution in [0.15, 0.2) is 36.4 Å². The van der Waals surface area contributed by atoms with Gasteiger partial charge in [0.25, 0.3) is 5.91 Å². The van der Waals surface area contributed by atoms with Gasteiger partial charge in [0.2, 0.25) is 0 Å². The van der Waals surface area contributed by atoms with Crippen molar-refractivity contribution in [2.75, 3.05) is 64.2 Å². The third-order valence-corrected chi connectivity index (χ3v) is 10.7. The maximum Gasteiger partial charge on any atom is 0.410 e. The van der Waals surface area contributed by atoms with Crippen LogP contribution in [0.4, 0.5) is 15.3 Å². The largest absolute Gasteiger partial charge is 0.436 e. The van der Waals surface area contributed by atoms with Gasteiger partial charge in [-0.2, -0.15) is 0 Å². The number of rotatable bonds is 6. The van der Waals surface area contributed by atoms with Crippen molar-refractivity contribution in [3.05, 3.63) is 64.2 Å². The molecule has 0 bridgehead atoms. The fraction of sp³-hybridized carbons (Fsp3) is 0.583. The van der Waals surface area contributed by atoms with Crippen molar-refractivity contribution in [2.45, 2.75) is 77.5 Å². The van der Waals surface area contributed by atoms with E-state index in [1.807, 2.05) is 28.0 Å². The number of nitrogens with zero attached hydrogens (tertiary/aromatic N) is 4. The van der Waals surface area contributed by atoms with Gasteiger partial charge in [-0.3, -0.25) is 9.69 Å². The Labute approximate surface area is 274 Å². The van der Waals surface area contributed by atoms with E-state index in [1.54, 1.807) is 4.90 Å². The number of carbonyl (C=O) groups excluding carboxylic acids is 3. The third kappa shape index (κ3) is 7.33. The van der Waals surface area contributed by atoms with Gasteiger partial charge < -0.3 is 30.1 Å². The number of hydrogen-bond acceptors (Lipinski definition) is 6. The van der Waals surface area contributed by atoms with Gasteiger partial charge >= 0.3 is 12.1 Å². The molecule has 4 aliphatic rings. The molecule has 3 fully saturated rings. The SMILES string of the molecule is Cc1cc(C[C@@H](OC(=O)N2CCC(N3CCc4ccccc4NC3=O)CC2)C(=O)N2CCC(N3CCNCC3)CC2)cc(C)c1C.[HH]. The Morgan fingerprint density at radius 2 is 1.50 bits per heavy atom. The van der Waals surface area contributed by atoms with Crippen LogP contribution in [0.3, 0.4) is 0 Å². The number of piperidine rings is 2. The number of carbonyl (C=O) groups is 3. The van der Waals surface area contributed by atoms with E-state index in [0.717, 1.165) is 62.3 Å². The Morgan fingerprint density at radius 1 is 0.870 bits per heavy atom. The lowest BCUT2D eigenvalue weighted by atomic mass is 9.96. The molecule has 10 nitrogen and oxygen atoms in total. The van der Waals surface area contributed by atoms with E-state index in [0.29, 0.717) is 58.0 Å². The maximum atomic E-state index is 14.0. The highest BCUT2D eigenvalue weighted by atomic mass is 16.6. The van der Waals surface area contributed by atoms with Crippen molar-refractivity contribution in [2.24, 2.45) is 0 Å². The monoisotopic (exact) mass is 632 g/mol. The van der Waals surface area contributed by atoms with Crippen molar-refractivity contribution < 1.29 is 20.5 Å². The summed E-state index contributed by atoms with van der Waals surface area (Å²) in [6.07, 6.45) is 3.06. The number of fused-ring (bicyclic) bond motifs is 1. The number of nitrogens with one attached hydrogen (secondary N) is 2. The Kier molecular flexibility index (Phi) is 10.1. The molecule has 2 aromatic carbocycles. The topological polar surface area (TPSA) is 97.5 Å². The molecule has 0 radical (unpaired) electrons. The summed E-state index contributed by atoms with van der Waals surface area (Å²) >= 11 is 0. The highest BCUT2D eigenvalue weighted by Crippen LogP contribution is 2.26. The van der Waals surface area contributed by atoms with Gasteiger partial charge in [0.15, 0.2) is 6.10 Å². The highest BCUT2D eigenvalue weighted by Gasteiger charge is 2.36. The number of urea groups is 1. The van der Waals surface area contributed by atoms with Crippen molar-refractivity contribution >= 4 is 23.7 Å². The van der Waals surface area contributed by atoms with Crippen molar-refractivity contribution in [1.29, 1.82) is 0 Å². The van der Waals surface area contributed by atoms with E-state index in [4.69, 9.17) is 4.74 Å². The van der Waals surface area contributed by atoms with Crippen LogP contribution in [0.25, 0.3) is 0 Å². The van der Waals surface area contributed by atoms with Crippen LogP contribution in [0.2, 0.25) is 0 Å². The van der Waals surface area contributed by atoms with Crippen LogP contribution in [0.1, 0.15) is 54.9 Å². The van der Waals surface area contributed by atoms with Gasteiger partial charge in [0.05, 0.1) is 0 Å². The second-order valence-electron chi connectivity index (χ2n) is 13.5. The number of piperazine rings is 1. The first-order valence-corrected chi connectivity index (χ1v) is 17.2. The predicted octanol–water partition coefficient (Wildman–Crippen LogP) is 4.36. The molecule has 2 N–H and O–H groups in total. The van der Waals surface area contributed by atoms with Crippen LogP contribution >= 0.6 is 0 Å². The van der Waals surface area contributed by atoms with Gasteiger partial charge in [0, 0.05) is 84.5 Å².